The molecule has 0 saturated heterocycles. The van der Waals surface area contributed by atoms with E-state index in [1.165, 1.54) is 0 Å². The largest absolute Gasteiger partial charge is 0.396 e. The van der Waals surface area contributed by atoms with Gasteiger partial charge in [0.2, 0.25) is 5.91 Å². The van der Waals surface area contributed by atoms with Crippen LogP contribution in [-0.2, 0) is 4.79 Å². The topological polar surface area (TPSA) is 49.3 Å². The van der Waals surface area contributed by atoms with Gasteiger partial charge in [-0.1, -0.05) is 13.8 Å². The lowest BCUT2D eigenvalue weighted by atomic mass is 10.0. The van der Waals surface area contributed by atoms with Gasteiger partial charge >= 0.3 is 0 Å². The Bertz CT molecular complexity index is 206. The molecular formula is C11H19NO2. The van der Waals surface area contributed by atoms with E-state index >= 15 is 0 Å². The summed E-state index contributed by atoms with van der Waals surface area (Å²) in [6, 6.07) is 0.0466. The van der Waals surface area contributed by atoms with Crippen LogP contribution in [0.5, 0.6) is 0 Å². The molecule has 1 atom stereocenters. The molecule has 3 nitrogen and oxygen atoms in total. The Labute approximate surface area is 85.9 Å². The Hall–Kier alpha value is -1.01. The van der Waals surface area contributed by atoms with Crippen LogP contribution in [0, 0.1) is 18.3 Å². The summed E-state index contributed by atoms with van der Waals surface area (Å²) in [7, 11) is 0. The lowest BCUT2D eigenvalue weighted by molar-refractivity contribution is -0.122. The van der Waals surface area contributed by atoms with Crippen LogP contribution in [0.25, 0.3) is 0 Å². The smallest absolute Gasteiger partial charge is 0.221 e. The first kappa shape index (κ1) is 13.0. The first-order valence-corrected chi connectivity index (χ1v) is 4.95. The molecule has 1 amide bonds. The maximum Gasteiger partial charge on any atom is 0.221 e. The molecule has 0 aliphatic carbocycles. The van der Waals surface area contributed by atoms with Crippen LogP contribution in [0.4, 0.5) is 0 Å². The summed E-state index contributed by atoms with van der Waals surface area (Å²) in [5.41, 5.74) is 0. The third kappa shape index (κ3) is 5.60. The fraction of sp³-hybridized carbons (Fsp3) is 0.727. The van der Waals surface area contributed by atoms with Crippen molar-refractivity contribution in [2.75, 3.05) is 6.61 Å². The number of hydrogen-bond donors (Lipinski definition) is 2. The number of hydrogen-bond acceptors (Lipinski definition) is 2. The minimum Gasteiger partial charge on any atom is -0.396 e. The second-order valence-corrected chi connectivity index (χ2v) is 3.63. The van der Waals surface area contributed by atoms with Crippen molar-refractivity contribution in [3.05, 3.63) is 0 Å². The third-order valence-electron chi connectivity index (χ3n) is 2.09. The van der Waals surface area contributed by atoms with Crippen molar-refractivity contribution in [3.63, 3.8) is 0 Å². The zero-order valence-electron chi connectivity index (χ0n) is 8.92. The molecule has 0 aliphatic rings. The molecule has 0 heterocycles. The van der Waals surface area contributed by atoms with Gasteiger partial charge in [-0.25, -0.2) is 0 Å². The van der Waals surface area contributed by atoms with Crippen molar-refractivity contribution < 1.29 is 9.90 Å². The van der Waals surface area contributed by atoms with Crippen LogP contribution in [-0.4, -0.2) is 23.7 Å². The van der Waals surface area contributed by atoms with Crippen molar-refractivity contribution in [2.45, 2.75) is 39.2 Å². The van der Waals surface area contributed by atoms with Gasteiger partial charge in [0, 0.05) is 25.5 Å². The fourth-order valence-electron chi connectivity index (χ4n) is 1.18. The maximum absolute atomic E-state index is 11.3. The quantitative estimate of drug-likeness (QED) is 0.622. The molecule has 0 aromatic heterocycles. The summed E-state index contributed by atoms with van der Waals surface area (Å²) in [6.07, 6.45) is 6.49. The van der Waals surface area contributed by atoms with Gasteiger partial charge < -0.3 is 10.4 Å². The lowest BCUT2D eigenvalue weighted by Crippen LogP contribution is -2.39. The minimum atomic E-state index is -0.0323. The van der Waals surface area contributed by atoms with E-state index in [-0.39, 0.29) is 18.6 Å². The number of amides is 1. The zero-order chi connectivity index (χ0) is 11.0. The van der Waals surface area contributed by atoms with Crippen LogP contribution in [0.3, 0.4) is 0 Å². The molecule has 0 aliphatic heterocycles. The molecule has 0 spiro atoms. The highest BCUT2D eigenvalue weighted by atomic mass is 16.3. The van der Waals surface area contributed by atoms with Gasteiger partial charge in [-0.3, -0.25) is 4.79 Å². The van der Waals surface area contributed by atoms with Gasteiger partial charge in [-0.2, -0.15) is 0 Å². The Balaban J connectivity index is 3.91. The van der Waals surface area contributed by atoms with E-state index < -0.39 is 0 Å². The second-order valence-electron chi connectivity index (χ2n) is 3.63. The second kappa shape index (κ2) is 7.40. The van der Waals surface area contributed by atoms with Crippen LogP contribution < -0.4 is 5.32 Å². The molecular weight excluding hydrogens is 178 g/mol. The molecule has 0 radical (unpaired) electrons. The van der Waals surface area contributed by atoms with Crippen LogP contribution in [0.1, 0.15) is 33.1 Å². The van der Waals surface area contributed by atoms with E-state index in [2.05, 4.69) is 11.2 Å². The van der Waals surface area contributed by atoms with E-state index in [9.17, 15) is 4.79 Å². The molecule has 0 bridgehead atoms. The van der Waals surface area contributed by atoms with E-state index in [0.717, 1.165) is 0 Å². The molecule has 0 aromatic rings. The number of aliphatic hydroxyl groups is 1. The molecule has 0 aromatic carbocycles. The van der Waals surface area contributed by atoms with Crippen LogP contribution in [0.2, 0.25) is 0 Å². The van der Waals surface area contributed by atoms with Gasteiger partial charge in [0.25, 0.3) is 0 Å². The predicted octanol–water partition coefficient (Wildman–Crippen LogP) is 0.923. The first-order valence-electron chi connectivity index (χ1n) is 4.95. The molecule has 80 valence electrons. The molecule has 0 fully saturated rings. The molecule has 0 saturated carbocycles. The number of aliphatic hydroxyl groups excluding tert-OH is 1. The lowest BCUT2D eigenvalue weighted by Gasteiger charge is -2.21. The summed E-state index contributed by atoms with van der Waals surface area (Å²) < 4.78 is 0. The predicted molar refractivity (Wildman–Crippen MR) is 56.5 cm³/mol. The highest BCUT2D eigenvalue weighted by molar-refractivity contribution is 5.76. The van der Waals surface area contributed by atoms with E-state index in [4.69, 9.17) is 11.5 Å². The Morgan fingerprint density at radius 1 is 1.57 bits per heavy atom. The van der Waals surface area contributed by atoms with Gasteiger partial charge in [0.05, 0.1) is 0 Å². The van der Waals surface area contributed by atoms with Crippen molar-refractivity contribution in [3.8, 4) is 12.3 Å². The summed E-state index contributed by atoms with van der Waals surface area (Å²) in [5, 5.41) is 11.6. The van der Waals surface area contributed by atoms with Gasteiger partial charge in [-0.05, 0) is 12.3 Å². The van der Waals surface area contributed by atoms with Crippen molar-refractivity contribution in [1.29, 1.82) is 0 Å². The Morgan fingerprint density at radius 2 is 2.21 bits per heavy atom. The van der Waals surface area contributed by atoms with Crippen LogP contribution >= 0.6 is 0 Å². The van der Waals surface area contributed by atoms with Crippen molar-refractivity contribution in [2.24, 2.45) is 5.92 Å². The fourth-order valence-corrected chi connectivity index (χ4v) is 1.18. The number of carbonyl (C=O) groups excluding carboxylic acids is 1. The summed E-state index contributed by atoms with van der Waals surface area (Å²) in [4.78, 5) is 11.3. The highest BCUT2D eigenvalue weighted by Gasteiger charge is 2.14. The Morgan fingerprint density at radius 3 is 2.64 bits per heavy atom. The van der Waals surface area contributed by atoms with Crippen LogP contribution in [0.15, 0.2) is 0 Å². The summed E-state index contributed by atoms with van der Waals surface area (Å²) in [5.74, 6) is 2.72. The molecule has 3 heteroatoms. The van der Waals surface area contributed by atoms with Crippen molar-refractivity contribution in [1.82, 2.24) is 5.32 Å². The average molecular weight is 197 g/mol. The standard InChI is InChI=1S/C11H19NO2/c1-4-5-6-11(14)12-10(7-8-13)9(2)3/h1,9-10,13H,5-8H2,2-3H3,(H,12,14). The Kier molecular flexibility index (Phi) is 6.87. The third-order valence-corrected chi connectivity index (χ3v) is 2.09. The molecule has 2 N–H and O–H groups in total. The molecule has 1 unspecified atom stereocenters. The van der Waals surface area contributed by atoms with Gasteiger partial charge in [-0.15, -0.1) is 12.3 Å². The van der Waals surface area contributed by atoms with Gasteiger partial charge in [0.1, 0.15) is 0 Å². The van der Waals surface area contributed by atoms with E-state index in [1.54, 1.807) is 0 Å². The average Bonchev–Trinajstić information content (AvgIpc) is 2.14. The maximum atomic E-state index is 11.3. The van der Waals surface area contributed by atoms with Gasteiger partial charge in [0.15, 0.2) is 0 Å². The number of carbonyl (C=O) groups is 1. The molecule has 14 heavy (non-hydrogen) atoms. The summed E-state index contributed by atoms with van der Waals surface area (Å²) in [6.45, 7) is 4.13. The van der Waals surface area contributed by atoms with E-state index in [0.29, 0.717) is 25.2 Å². The number of rotatable bonds is 6. The first-order chi connectivity index (χ1) is 6.61. The number of nitrogens with one attached hydrogen (secondary N) is 1. The highest BCUT2D eigenvalue weighted by Crippen LogP contribution is 2.05. The van der Waals surface area contributed by atoms with Crippen molar-refractivity contribution >= 4 is 5.91 Å². The zero-order valence-corrected chi connectivity index (χ0v) is 8.92. The molecule has 0 rings (SSSR count). The normalized spacial score (nSPS) is 12.2. The summed E-state index contributed by atoms with van der Waals surface area (Å²) >= 11 is 0. The number of terminal acetylenes is 1. The monoisotopic (exact) mass is 197 g/mol. The minimum absolute atomic E-state index is 0.0323. The SMILES string of the molecule is C#CCCC(=O)NC(CCO)C(C)C. The van der Waals surface area contributed by atoms with E-state index in [1.807, 2.05) is 13.8 Å².